The zero-order chi connectivity index (χ0) is 21.5. The molecule has 4 rings (SSSR count). The Bertz CT molecular complexity index is 617. The first-order valence-electron chi connectivity index (χ1n) is 13.1. The first kappa shape index (κ1) is 22.6. The number of aliphatic carboxylic acids is 1. The van der Waals surface area contributed by atoms with Gasteiger partial charge in [0.15, 0.2) is 0 Å². The van der Waals surface area contributed by atoms with Crippen LogP contribution < -0.4 is 0 Å². The number of rotatable bonds is 7. The van der Waals surface area contributed by atoms with Gasteiger partial charge in [0.2, 0.25) is 0 Å². The monoisotopic (exact) mass is 418 g/mol. The lowest BCUT2D eigenvalue weighted by atomic mass is 9.44. The second-order valence-corrected chi connectivity index (χ2v) is 12.0. The molecule has 30 heavy (non-hydrogen) atoms. The van der Waals surface area contributed by atoms with Crippen LogP contribution in [0.3, 0.4) is 0 Å². The fourth-order valence-corrected chi connectivity index (χ4v) is 9.36. The molecule has 0 bridgehead atoms. The highest BCUT2D eigenvalue weighted by Crippen LogP contribution is 2.68. The maximum absolute atomic E-state index is 10.9. The first-order chi connectivity index (χ1) is 14.3. The number of carboxylic acid groups (broad SMARTS) is 1. The predicted octanol–water partition coefficient (Wildman–Crippen LogP) is 6.94. The summed E-state index contributed by atoms with van der Waals surface area (Å²) in [4.78, 5) is 10.9. The highest BCUT2D eigenvalue weighted by molar-refractivity contribution is 5.66. The molecule has 0 saturated heterocycles. The molecule has 0 spiro atoms. The summed E-state index contributed by atoms with van der Waals surface area (Å²) in [7, 11) is 0. The second kappa shape index (κ2) is 8.75. The summed E-state index contributed by atoms with van der Waals surface area (Å²) in [6.07, 6.45) is 15.3. The van der Waals surface area contributed by atoms with Crippen molar-refractivity contribution in [3.05, 3.63) is 0 Å². The fourth-order valence-electron chi connectivity index (χ4n) is 9.36. The van der Waals surface area contributed by atoms with Gasteiger partial charge in [-0.15, -0.1) is 0 Å². The molecule has 4 aliphatic rings. The van der Waals surface area contributed by atoms with Crippen molar-refractivity contribution in [1.29, 1.82) is 0 Å². The van der Waals surface area contributed by atoms with Gasteiger partial charge in [0.05, 0.1) is 6.10 Å². The van der Waals surface area contributed by atoms with E-state index in [0.29, 0.717) is 29.3 Å². The molecule has 0 heterocycles. The zero-order valence-electron chi connectivity index (χ0n) is 20.0. The maximum atomic E-state index is 10.9. The highest BCUT2D eigenvalue weighted by atomic mass is 16.5. The molecule has 1 N–H and O–H groups in total. The Kier molecular flexibility index (Phi) is 6.60. The van der Waals surface area contributed by atoms with Crippen LogP contribution >= 0.6 is 0 Å². The van der Waals surface area contributed by atoms with Gasteiger partial charge in [-0.1, -0.05) is 20.8 Å². The number of fused-ring (bicyclic) bond motifs is 5. The maximum Gasteiger partial charge on any atom is 0.303 e. The summed E-state index contributed by atoms with van der Waals surface area (Å²) < 4.78 is 6.05. The molecule has 0 amide bonds. The van der Waals surface area contributed by atoms with E-state index in [9.17, 15) is 4.79 Å². The van der Waals surface area contributed by atoms with Gasteiger partial charge < -0.3 is 9.84 Å². The Morgan fingerprint density at radius 3 is 2.50 bits per heavy atom. The molecule has 1 unspecified atom stereocenters. The van der Waals surface area contributed by atoms with Crippen molar-refractivity contribution in [3.63, 3.8) is 0 Å². The highest BCUT2D eigenvalue weighted by Gasteiger charge is 2.60. The van der Waals surface area contributed by atoms with Crippen LogP contribution in [0.1, 0.15) is 105 Å². The van der Waals surface area contributed by atoms with E-state index < -0.39 is 5.97 Å². The number of ether oxygens (including phenoxy) is 1. The van der Waals surface area contributed by atoms with Gasteiger partial charge in [0.1, 0.15) is 0 Å². The van der Waals surface area contributed by atoms with Gasteiger partial charge in [-0.05, 0) is 124 Å². The molecule has 3 heteroatoms. The van der Waals surface area contributed by atoms with Crippen LogP contribution in [0.25, 0.3) is 0 Å². The molecule has 4 fully saturated rings. The summed E-state index contributed by atoms with van der Waals surface area (Å²) in [6.45, 7) is 10.7. The number of carboxylic acids is 1. The van der Waals surface area contributed by atoms with Gasteiger partial charge in [0, 0.05) is 13.0 Å². The van der Waals surface area contributed by atoms with Crippen molar-refractivity contribution in [1.82, 2.24) is 0 Å². The van der Waals surface area contributed by atoms with E-state index >= 15 is 0 Å². The minimum absolute atomic E-state index is 0.338. The molecule has 4 aliphatic carbocycles. The Morgan fingerprint density at radius 1 is 1.03 bits per heavy atom. The largest absolute Gasteiger partial charge is 0.481 e. The Balaban J connectivity index is 1.44. The third-order valence-electron chi connectivity index (χ3n) is 10.8. The molecule has 172 valence electrons. The second-order valence-electron chi connectivity index (χ2n) is 12.0. The van der Waals surface area contributed by atoms with E-state index in [1.54, 1.807) is 0 Å². The van der Waals surface area contributed by atoms with Crippen LogP contribution in [0.4, 0.5) is 0 Å². The molecule has 0 radical (unpaired) electrons. The topological polar surface area (TPSA) is 46.5 Å². The molecule has 0 aromatic carbocycles. The minimum atomic E-state index is -0.637. The summed E-state index contributed by atoms with van der Waals surface area (Å²) >= 11 is 0. The van der Waals surface area contributed by atoms with E-state index in [1.165, 1.54) is 57.8 Å². The van der Waals surface area contributed by atoms with Gasteiger partial charge in [-0.25, -0.2) is 0 Å². The molecule has 0 aromatic heterocycles. The van der Waals surface area contributed by atoms with Crippen molar-refractivity contribution in [2.75, 3.05) is 6.61 Å². The average Bonchev–Trinajstić information content (AvgIpc) is 3.05. The predicted molar refractivity (Wildman–Crippen MR) is 121 cm³/mol. The molecule has 3 nitrogen and oxygen atoms in total. The minimum Gasteiger partial charge on any atom is -0.481 e. The van der Waals surface area contributed by atoms with Gasteiger partial charge in [-0.2, -0.15) is 0 Å². The Morgan fingerprint density at radius 2 is 1.77 bits per heavy atom. The van der Waals surface area contributed by atoms with E-state index in [4.69, 9.17) is 9.84 Å². The lowest BCUT2D eigenvalue weighted by Gasteiger charge is -2.61. The van der Waals surface area contributed by atoms with Gasteiger partial charge in [-0.3, -0.25) is 4.79 Å². The van der Waals surface area contributed by atoms with Crippen LogP contribution in [0, 0.1) is 46.3 Å². The fraction of sp³-hybridized carbons (Fsp3) is 0.963. The van der Waals surface area contributed by atoms with Crippen LogP contribution in [-0.2, 0) is 9.53 Å². The Hall–Kier alpha value is -0.570. The third kappa shape index (κ3) is 3.86. The van der Waals surface area contributed by atoms with Crippen LogP contribution in [0.2, 0.25) is 0 Å². The smallest absolute Gasteiger partial charge is 0.303 e. The Labute approximate surface area is 184 Å². The summed E-state index contributed by atoms with van der Waals surface area (Å²) in [6, 6.07) is 0. The van der Waals surface area contributed by atoms with Crippen LogP contribution in [-0.4, -0.2) is 23.8 Å². The van der Waals surface area contributed by atoms with Crippen molar-refractivity contribution in [2.24, 2.45) is 46.3 Å². The SMILES string of the molecule is CCO[C@H]1CC[C@@]2(C)C(CC[C@H]3[C@@H]4CC[C@H]([C@H](C)CCCC(=O)O)[C@@]4(C)CC[C@@H]32)C1. The normalized spacial score (nSPS) is 46.5. The van der Waals surface area contributed by atoms with Crippen molar-refractivity contribution >= 4 is 5.97 Å². The van der Waals surface area contributed by atoms with Gasteiger partial charge in [0.25, 0.3) is 0 Å². The van der Waals surface area contributed by atoms with E-state index in [2.05, 4.69) is 27.7 Å². The quantitative estimate of drug-likeness (QED) is 0.487. The molecule has 4 saturated carbocycles. The molecule has 9 atom stereocenters. The van der Waals surface area contributed by atoms with Crippen LogP contribution in [0.15, 0.2) is 0 Å². The lowest BCUT2D eigenvalue weighted by molar-refractivity contribution is -0.137. The van der Waals surface area contributed by atoms with E-state index in [1.807, 2.05) is 0 Å². The first-order valence-corrected chi connectivity index (χ1v) is 13.1. The van der Waals surface area contributed by atoms with Crippen LogP contribution in [0.5, 0.6) is 0 Å². The molecular formula is C27H46O3. The summed E-state index contributed by atoms with van der Waals surface area (Å²) in [5.41, 5.74) is 1.04. The van der Waals surface area contributed by atoms with Crippen molar-refractivity contribution < 1.29 is 14.6 Å². The van der Waals surface area contributed by atoms with E-state index in [0.717, 1.165) is 49.0 Å². The molecule has 0 aromatic rings. The summed E-state index contributed by atoms with van der Waals surface area (Å²) in [5, 5.41) is 9.02. The van der Waals surface area contributed by atoms with Gasteiger partial charge >= 0.3 is 5.97 Å². The third-order valence-corrected chi connectivity index (χ3v) is 10.8. The standard InChI is InChI=1S/C27H46O3/c1-5-30-20-13-15-26(3)19(17-20)9-10-21-23-12-11-22(18(2)7-6-8-25(28)29)27(23,4)16-14-24(21)26/h18-24H,5-17H2,1-4H3,(H,28,29)/t18-,19?,20+,21+,22-,23+,24+,26+,27-/m1/s1. The number of hydrogen-bond acceptors (Lipinski definition) is 2. The van der Waals surface area contributed by atoms with Crippen molar-refractivity contribution in [3.8, 4) is 0 Å². The zero-order valence-corrected chi connectivity index (χ0v) is 20.0. The average molecular weight is 419 g/mol. The summed E-state index contributed by atoms with van der Waals surface area (Å²) in [5.74, 6) is 4.48. The number of hydrogen-bond donors (Lipinski definition) is 1. The lowest BCUT2D eigenvalue weighted by Crippen LogP contribution is -2.54. The number of carbonyl (C=O) groups is 1. The van der Waals surface area contributed by atoms with Crippen molar-refractivity contribution in [2.45, 2.75) is 111 Å². The molecule has 0 aliphatic heterocycles. The molecular weight excluding hydrogens is 372 g/mol. The van der Waals surface area contributed by atoms with E-state index in [-0.39, 0.29) is 0 Å².